The van der Waals surface area contributed by atoms with Gasteiger partial charge in [-0.15, -0.1) is 10.2 Å². The van der Waals surface area contributed by atoms with E-state index in [1.807, 2.05) is 30.3 Å². The molecule has 0 saturated carbocycles. The van der Waals surface area contributed by atoms with Crippen LogP contribution in [0.1, 0.15) is 11.1 Å². The highest BCUT2D eigenvalue weighted by Gasteiger charge is 2.08. The molecule has 0 aliphatic carbocycles. The molecule has 0 spiro atoms. The molecule has 84 valence electrons. The van der Waals surface area contributed by atoms with Crippen molar-refractivity contribution >= 4 is 11.0 Å². The third-order valence-electron chi connectivity index (χ3n) is 2.93. The summed E-state index contributed by atoms with van der Waals surface area (Å²) in [7, 11) is 0. The second kappa shape index (κ2) is 3.70. The molecule has 1 heterocycles. The first-order chi connectivity index (χ1) is 8.25. The fraction of sp³-hybridized carbons (Fsp3) is 0.143. The number of rotatable bonds is 1. The van der Waals surface area contributed by atoms with Crippen molar-refractivity contribution in [2.24, 2.45) is 0 Å². The van der Waals surface area contributed by atoms with Crippen LogP contribution < -0.4 is 0 Å². The molecule has 3 heteroatoms. The van der Waals surface area contributed by atoms with Crippen LogP contribution in [-0.2, 0) is 0 Å². The van der Waals surface area contributed by atoms with Crippen LogP contribution in [0.5, 0.6) is 0 Å². The van der Waals surface area contributed by atoms with E-state index in [2.05, 4.69) is 36.2 Å². The Hall–Kier alpha value is -2.16. The summed E-state index contributed by atoms with van der Waals surface area (Å²) in [5, 5.41) is 9.10. The van der Waals surface area contributed by atoms with Crippen molar-refractivity contribution in [2.45, 2.75) is 13.8 Å². The van der Waals surface area contributed by atoms with Gasteiger partial charge < -0.3 is 0 Å². The Labute approximate surface area is 99.7 Å². The molecule has 0 bridgehead atoms. The molecule has 3 aromatic rings. The molecule has 1 aromatic heterocycles. The largest absolute Gasteiger partial charge is 0.150 e. The highest BCUT2D eigenvalue weighted by molar-refractivity contribution is 5.80. The Morgan fingerprint density at radius 1 is 0.765 bits per heavy atom. The zero-order chi connectivity index (χ0) is 11.8. The van der Waals surface area contributed by atoms with Gasteiger partial charge in [-0.1, -0.05) is 30.3 Å². The van der Waals surface area contributed by atoms with Gasteiger partial charge in [0.2, 0.25) is 0 Å². The highest BCUT2D eigenvalue weighted by Crippen LogP contribution is 2.19. The van der Waals surface area contributed by atoms with Gasteiger partial charge in [0.15, 0.2) is 0 Å². The molecular weight excluding hydrogens is 210 g/mol. The first kappa shape index (κ1) is 10.0. The molecule has 0 aliphatic rings. The minimum atomic E-state index is 0.980. The van der Waals surface area contributed by atoms with E-state index >= 15 is 0 Å². The van der Waals surface area contributed by atoms with Crippen molar-refractivity contribution in [2.75, 3.05) is 0 Å². The zero-order valence-corrected chi connectivity index (χ0v) is 9.88. The Morgan fingerprint density at radius 2 is 1.29 bits per heavy atom. The van der Waals surface area contributed by atoms with E-state index in [4.69, 9.17) is 0 Å². The van der Waals surface area contributed by atoms with Crippen molar-refractivity contribution in [3.05, 3.63) is 53.6 Å². The molecule has 0 unspecified atom stereocenters. The SMILES string of the molecule is Cc1ccc(C)c2nn(-c3ccccc3)nc12. The van der Waals surface area contributed by atoms with Gasteiger partial charge in [-0.2, -0.15) is 4.80 Å². The highest BCUT2D eigenvalue weighted by atomic mass is 15.5. The lowest BCUT2D eigenvalue weighted by Gasteiger charge is -1.96. The van der Waals surface area contributed by atoms with Crippen molar-refractivity contribution in [3.63, 3.8) is 0 Å². The molecular formula is C14H13N3. The number of benzene rings is 2. The Bertz CT molecular complexity index is 630. The number of aromatic nitrogens is 3. The maximum absolute atomic E-state index is 4.55. The first-order valence-corrected chi connectivity index (χ1v) is 5.64. The molecule has 0 amide bonds. The first-order valence-electron chi connectivity index (χ1n) is 5.64. The van der Waals surface area contributed by atoms with Gasteiger partial charge in [0.25, 0.3) is 0 Å². The van der Waals surface area contributed by atoms with Gasteiger partial charge in [-0.25, -0.2) is 0 Å². The summed E-state index contributed by atoms with van der Waals surface area (Å²) in [5.74, 6) is 0. The summed E-state index contributed by atoms with van der Waals surface area (Å²) >= 11 is 0. The van der Waals surface area contributed by atoms with Crippen molar-refractivity contribution in [1.29, 1.82) is 0 Å². The number of nitrogens with zero attached hydrogens (tertiary/aromatic N) is 3. The number of aryl methyl sites for hydroxylation is 2. The van der Waals surface area contributed by atoms with Crippen LogP contribution in [0.2, 0.25) is 0 Å². The van der Waals surface area contributed by atoms with Gasteiger partial charge in [-0.3, -0.25) is 0 Å². The fourth-order valence-electron chi connectivity index (χ4n) is 1.92. The van der Waals surface area contributed by atoms with E-state index in [0.29, 0.717) is 0 Å². The molecule has 0 atom stereocenters. The van der Waals surface area contributed by atoms with Gasteiger partial charge in [0.1, 0.15) is 11.0 Å². The van der Waals surface area contributed by atoms with Crippen molar-refractivity contribution in [3.8, 4) is 5.69 Å². The quantitative estimate of drug-likeness (QED) is 0.634. The van der Waals surface area contributed by atoms with Gasteiger partial charge >= 0.3 is 0 Å². The molecule has 0 aliphatic heterocycles. The normalized spacial score (nSPS) is 10.9. The van der Waals surface area contributed by atoms with E-state index in [-0.39, 0.29) is 0 Å². The van der Waals surface area contributed by atoms with E-state index in [0.717, 1.165) is 27.8 Å². The fourth-order valence-corrected chi connectivity index (χ4v) is 1.92. The lowest BCUT2D eigenvalue weighted by atomic mass is 10.1. The molecule has 0 N–H and O–H groups in total. The summed E-state index contributed by atoms with van der Waals surface area (Å²) < 4.78 is 0. The second-order valence-electron chi connectivity index (χ2n) is 4.22. The molecule has 3 rings (SSSR count). The molecule has 3 nitrogen and oxygen atoms in total. The Balaban J connectivity index is 2.27. The minimum Gasteiger partial charge on any atom is -0.150 e. The van der Waals surface area contributed by atoms with E-state index < -0.39 is 0 Å². The van der Waals surface area contributed by atoms with Crippen LogP contribution in [0.3, 0.4) is 0 Å². The lowest BCUT2D eigenvalue weighted by molar-refractivity contribution is 0.765. The second-order valence-corrected chi connectivity index (χ2v) is 4.22. The van der Waals surface area contributed by atoms with Crippen molar-refractivity contribution < 1.29 is 0 Å². The monoisotopic (exact) mass is 223 g/mol. The van der Waals surface area contributed by atoms with Crippen LogP contribution in [0.15, 0.2) is 42.5 Å². The predicted molar refractivity (Wildman–Crippen MR) is 68.3 cm³/mol. The Kier molecular flexibility index (Phi) is 2.18. The van der Waals surface area contributed by atoms with Gasteiger partial charge in [0.05, 0.1) is 5.69 Å². The average molecular weight is 223 g/mol. The van der Waals surface area contributed by atoms with Crippen LogP contribution >= 0.6 is 0 Å². The molecule has 17 heavy (non-hydrogen) atoms. The standard InChI is InChI=1S/C14H13N3/c1-10-8-9-11(2)14-13(10)15-17(16-14)12-6-4-3-5-7-12/h3-9H,1-2H3. The maximum Gasteiger partial charge on any atom is 0.116 e. The van der Waals surface area contributed by atoms with Crippen LogP contribution in [0, 0.1) is 13.8 Å². The summed E-state index contributed by atoms with van der Waals surface area (Å²) in [5.41, 5.74) is 5.27. The summed E-state index contributed by atoms with van der Waals surface area (Å²) in [4.78, 5) is 1.70. The Morgan fingerprint density at radius 3 is 1.82 bits per heavy atom. The number of hydrogen-bond donors (Lipinski definition) is 0. The smallest absolute Gasteiger partial charge is 0.116 e. The molecule has 2 aromatic carbocycles. The molecule has 0 fully saturated rings. The minimum absolute atomic E-state index is 0.980. The number of hydrogen-bond acceptors (Lipinski definition) is 2. The van der Waals surface area contributed by atoms with E-state index in [1.54, 1.807) is 4.80 Å². The average Bonchev–Trinajstić information content (AvgIpc) is 2.81. The predicted octanol–water partition coefficient (Wildman–Crippen LogP) is 3.04. The van der Waals surface area contributed by atoms with Gasteiger partial charge in [-0.05, 0) is 37.1 Å². The third kappa shape index (κ3) is 1.60. The van der Waals surface area contributed by atoms with Crippen LogP contribution in [-0.4, -0.2) is 15.0 Å². The molecule has 0 radical (unpaired) electrons. The number of para-hydroxylation sites is 1. The maximum atomic E-state index is 4.55. The van der Waals surface area contributed by atoms with E-state index in [1.165, 1.54) is 0 Å². The zero-order valence-electron chi connectivity index (χ0n) is 9.88. The van der Waals surface area contributed by atoms with Crippen LogP contribution in [0.4, 0.5) is 0 Å². The summed E-state index contributed by atoms with van der Waals surface area (Å²) in [6.45, 7) is 4.12. The lowest BCUT2D eigenvalue weighted by Crippen LogP contribution is -1.97. The van der Waals surface area contributed by atoms with Gasteiger partial charge in [0, 0.05) is 0 Å². The van der Waals surface area contributed by atoms with Crippen molar-refractivity contribution in [1.82, 2.24) is 15.0 Å². The summed E-state index contributed by atoms with van der Waals surface area (Å²) in [6.07, 6.45) is 0. The molecule has 0 saturated heterocycles. The van der Waals surface area contributed by atoms with E-state index in [9.17, 15) is 0 Å². The van der Waals surface area contributed by atoms with Crippen LogP contribution in [0.25, 0.3) is 16.7 Å². The topological polar surface area (TPSA) is 30.7 Å². The third-order valence-corrected chi connectivity index (χ3v) is 2.93. The summed E-state index contributed by atoms with van der Waals surface area (Å²) in [6, 6.07) is 14.1. The number of fused-ring (bicyclic) bond motifs is 1.